The Morgan fingerprint density at radius 1 is 1.00 bits per heavy atom. The van der Waals surface area contributed by atoms with Gasteiger partial charge < -0.3 is 14.2 Å². The highest BCUT2D eigenvalue weighted by molar-refractivity contribution is 6.05. The normalized spacial score (nSPS) is 18.8. The van der Waals surface area contributed by atoms with E-state index in [2.05, 4.69) is 10.1 Å². The third kappa shape index (κ3) is 3.26. The maximum absolute atomic E-state index is 13.2. The van der Waals surface area contributed by atoms with Crippen molar-refractivity contribution in [3.63, 3.8) is 0 Å². The lowest BCUT2D eigenvalue weighted by Crippen LogP contribution is -2.30. The average Bonchev–Trinajstić information content (AvgIpc) is 3.43. The van der Waals surface area contributed by atoms with Gasteiger partial charge in [-0.2, -0.15) is 4.98 Å². The van der Waals surface area contributed by atoms with Crippen molar-refractivity contribution in [3.05, 3.63) is 83.5 Å². The Morgan fingerprint density at radius 2 is 1.68 bits per heavy atom. The summed E-state index contributed by atoms with van der Waals surface area (Å²) in [6, 6.07) is 16.7. The van der Waals surface area contributed by atoms with E-state index in [1.165, 1.54) is 13.5 Å². The largest absolute Gasteiger partial charge is 0.465 e. The first-order chi connectivity index (χ1) is 13.7. The van der Waals surface area contributed by atoms with Crippen molar-refractivity contribution in [3.8, 4) is 0 Å². The van der Waals surface area contributed by atoms with Gasteiger partial charge in [-0.25, -0.2) is 4.79 Å². The summed E-state index contributed by atoms with van der Waals surface area (Å²) in [6.07, 6.45) is 1.30. The first-order valence-electron chi connectivity index (χ1n) is 8.97. The second-order valence-corrected chi connectivity index (χ2v) is 6.66. The molecule has 1 fully saturated rings. The zero-order valence-electron chi connectivity index (χ0n) is 15.3. The highest BCUT2D eigenvalue weighted by Gasteiger charge is 2.40. The van der Waals surface area contributed by atoms with Crippen LogP contribution in [0.15, 0.2) is 65.5 Å². The van der Waals surface area contributed by atoms with E-state index in [9.17, 15) is 9.59 Å². The summed E-state index contributed by atoms with van der Waals surface area (Å²) in [4.78, 5) is 31.2. The molecule has 1 saturated heterocycles. The fourth-order valence-electron chi connectivity index (χ4n) is 3.74. The van der Waals surface area contributed by atoms with Gasteiger partial charge in [-0.3, -0.25) is 4.79 Å². The molecule has 0 radical (unpaired) electrons. The van der Waals surface area contributed by atoms with Gasteiger partial charge in [-0.05, 0) is 17.7 Å². The lowest BCUT2D eigenvalue weighted by molar-refractivity contribution is 0.0592. The van der Waals surface area contributed by atoms with Gasteiger partial charge in [-0.15, -0.1) is 0 Å². The molecular weight excluding hydrogens is 358 g/mol. The Hall–Kier alpha value is -3.48. The van der Waals surface area contributed by atoms with Crippen molar-refractivity contribution in [1.29, 1.82) is 0 Å². The van der Waals surface area contributed by atoms with Gasteiger partial charge in [0.25, 0.3) is 5.91 Å². The Morgan fingerprint density at radius 3 is 2.36 bits per heavy atom. The van der Waals surface area contributed by atoms with E-state index in [1.54, 1.807) is 29.2 Å². The van der Waals surface area contributed by atoms with E-state index in [1.807, 2.05) is 30.3 Å². The number of benzene rings is 2. The molecule has 3 aromatic rings. The molecular formula is C21H19N3O4. The van der Waals surface area contributed by atoms with Crippen molar-refractivity contribution in [2.45, 2.75) is 11.8 Å². The molecule has 0 aliphatic carbocycles. The van der Waals surface area contributed by atoms with Crippen LogP contribution >= 0.6 is 0 Å². The number of amides is 1. The number of rotatable bonds is 4. The van der Waals surface area contributed by atoms with Crippen molar-refractivity contribution in [2.75, 3.05) is 20.2 Å². The third-order valence-corrected chi connectivity index (χ3v) is 5.11. The number of carbonyl (C=O) groups is 2. The third-order valence-electron chi connectivity index (χ3n) is 5.11. The van der Waals surface area contributed by atoms with Crippen LogP contribution in [0.3, 0.4) is 0 Å². The average molecular weight is 377 g/mol. The number of ether oxygens (including phenoxy) is 1. The Balaban J connectivity index is 1.66. The van der Waals surface area contributed by atoms with Crippen molar-refractivity contribution >= 4 is 11.9 Å². The number of esters is 1. The van der Waals surface area contributed by atoms with E-state index in [4.69, 9.17) is 9.26 Å². The predicted octanol–water partition coefficient (Wildman–Crippen LogP) is 2.88. The molecule has 2 aromatic carbocycles. The van der Waals surface area contributed by atoms with Gasteiger partial charge in [0, 0.05) is 24.9 Å². The molecule has 142 valence electrons. The molecule has 1 aliphatic rings. The number of hydrogen-bond donors (Lipinski definition) is 0. The second-order valence-electron chi connectivity index (χ2n) is 6.66. The summed E-state index contributed by atoms with van der Waals surface area (Å²) in [5, 5.41) is 4.00. The van der Waals surface area contributed by atoms with Gasteiger partial charge in [0.05, 0.1) is 18.2 Å². The monoisotopic (exact) mass is 377 g/mol. The first-order valence-corrected chi connectivity index (χ1v) is 8.97. The van der Waals surface area contributed by atoms with E-state index < -0.39 is 5.97 Å². The minimum Gasteiger partial charge on any atom is -0.465 e. The van der Waals surface area contributed by atoms with Crippen LogP contribution in [-0.4, -0.2) is 47.1 Å². The topological polar surface area (TPSA) is 85.5 Å². The smallest absolute Gasteiger partial charge is 0.338 e. The highest BCUT2D eigenvalue weighted by atomic mass is 16.5. The van der Waals surface area contributed by atoms with E-state index in [-0.39, 0.29) is 23.3 Å². The van der Waals surface area contributed by atoms with Crippen LogP contribution in [0.5, 0.6) is 0 Å². The summed E-state index contributed by atoms with van der Waals surface area (Å²) >= 11 is 0. The van der Waals surface area contributed by atoms with Crippen molar-refractivity contribution in [2.24, 2.45) is 0 Å². The van der Waals surface area contributed by atoms with Crippen LogP contribution in [0.25, 0.3) is 0 Å². The first kappa shape index (κ1) is 17.9. The molecule has 0 N–H and O–H groups in total. The minimum absolute atomic E-state index is 0.0352. The quantitative estimate of drug-likeness (QED) is 0.650. The lowest BCUT2D eigenvalue weighted by Gasteiger charge is -2.18. The van der Waals surface area contributed by atoms with Crippen LogP contribution in [0.1, 0.15) is 43.9 Å². The Kier molecular flexibility index (Phi) is 4.89. The summed E-state index contributed by atoms with van der Waals surface area (Å²) in [5.41, 5.74) is 1.69. The number of methoxy groups -OCH3 is 1. The molecule has 4 rings (SSSR count). The number of aromatic nitrogens is 2. The molecule has 0 spiro atoms. The van der Waals surface area contributed by atoms with E-state index in [0.29, 0.717) is 24.5 Å². The summed E-state index contributed by atoms with van der Waals surface area (Å²) < 4.78 is 9.75. The Labute approximate surface area is 161 Å². The fraction of sp³-hybridized carbons (Fsp3) is 0.238. The van der Waals surface area contributed by atoms with Crippen molar-refractivity contribution in [1.82, 2.24) is 15.0 Å². The van der Waals surface area contributed by atoms with Crippen LogP contribution < -0.4 is 0 Å². The van der Waals surface area contributed by atoms with Crippen LogP contribution in [0, 0.1) is 0 Å². The number of hydrogen-bond acceptors (Lipinski definition) is 6. The highest BCUT2D eigenvalue weighted by Crippen LogP contribution is 2.39. The predicted molar refractivity (Wildman–Crippen MR) is 99.9 cm³/mol. The molecule has 1 aliphatic heterocycles. The molecule has 7 heteroatoms. The van der Waals surface area contributed by atoms with Gasteiger partial charge >= 0.3 is 5.97 Å². The number of carbonyl (C=O) groups excluding carboxylic acids is 2. The molecule has 0 bridgehead atoms. The molecule has 1 aromatic heterocycles. The number of likely N-dealkylation sites (tertiary alicyclic amines) is 1. The molecule has 1 amide bonds. The van der Waals surface area contributed by atoms with E-state index in [0.717, 1.165) is 5.56 Å². The van der Waals surface area contributed by atoms with Crippen LogP contribution in [0.2, 0.25) is 0 Å². The maximum atomic E-state index is 13.2. The maximum Gasteiger partial charge on any atom is 0.338 e. The standard InChI is InChI=1S/C21H19N3O4/c1-27-21(26)16-10-6-5-9-15(16)20(25)24-11-17(14-7-3-2-4-8-14)18(12-24)19-22-13-28-23-19/h2-10,13,17-18H,11-12H2,1H3. The second kappa shape index (κ2) is 7.64. The molecule has 0 saturated carbocycles. The van der Waals surface area contributed by atoms with E-state index >= 15 is 0 Å². The van der Waals surface area contributed by atoms with Crippen LogP contribution in [0.4, 0.5) is 0 Å². The van der Waals surface area contributed by atoms with Gasteiger partial charge in [0.1, 0.15) is 0 Å². The molecule has 28 heavy (non-hydrogen) atoms. The van der Waals surface area contributed by atoms with Gasteiger partial charge in [-0.1, -0.05) is 47.6 Å². The zero-order chi connectivity index (χ0) is 19.5. The lowest BCUT2D eigenvalue weighted by atomic mass is 9.88. The SMILES string of the molecule is COC(=O)c1ccccc1C(=O)N1CC(c2ccccc2)C(c2ncon2)C1. The fourth-order valence-corrected chi connectivity index (χ4v) is 3.74. The summed E-state index contributed by atoms with van der Waals surface area (Å²) in [5.74, 6) is -0.223. The molecule has 2 unspecified atom stereocenters. The summed E-state index contributed by atoms with van der Waals surface area (Å²) in [6.45, 7) is 0.936. The summed E-state index contributed by atoms with van der Waals surface area (Å²) in [7, 11) is 1.30. The van der Waals surface area contributed by atoms with Gasteiger partial charge in [0.2, 0.25) is 6.39 Å². The van der Waals surface area contributed by atoms with Crippen molar-refractivity contribution < 1.29 is 18.8 Å². The Bertz CT molecular complexity index is 972. The van der Waals surface area contributed by atoms with Crippen LogP contribution in [-0.2, 0) is 4.74 Å². The number of nitrogens with zero attached hydrogens (tertiary/aromatic N) is 3. The minimum atomic E-state index is -0.530. The zero-order valence-corrected chi connectivity index (χ0v) is 15.3. The molecule has 2 heterocycles. The molecule has 2 atom stereocenters. The van der Waals surface area contributed by atoms with Gasteiger partial charge in [0.15, 0.2) is 5.82 Å². The molecule has 7 nitrogen and oxygen atoms in total.